The number of halogens is 1. The maximum Gasteiger partial charge on any atom is 0.323 e. The predicted octanol–water partition coefficient (Wildman–Crippen LogP) is -0.0187. The van der Waals surface area contributed by atoms with Gasteiger partial charge in [-0.25, -0.2) is 4.98 Å². The molecule has 1 heterocycles. The maximum atomic E-state index is 11.0. The summed E-state index contributed by atoms with van der Waals surface area (Å²) in [4.78, 5) is 24.8. The molecule has 0 fully saturated rings. The van der Waals surface area contributed by atoms with E-state index in [0.29, 0.717) is 0 Å². The first kappa shape index (κ1) is 8.73. The fourth-order valence-electron chi connectivity index (χ4n) is 0.682. The summed E-state index contributed by atoms with van der Waals surface area (Å²) in [6.45, 7) is -0.424. The van der Waals surface area contributed by atoms with Crippen LogP contribution < -0.4 is 5.56 Å². The first-order valence-corrected chi connectivity index (χ1v) is 3.41. The topological polar surface area (TPSA) is 72.2 Å². The van der Waals surface area contributed by atoms with Gasteiger partial charge in [0.1, 0.15) is 11.6 Å². The van der Waals surface area contributed by atoms with E-state index in [0.717, 1.165) is 10.9 Å². The lowest BCUT2D eigenvalue weighted by atomic mass is 10.6. The van der Waals surface area contributed by atoms with Crippen LogP contribution in [0.15, 0.2) is 17.3 Å². The minimum Gasteiger partial charge on any atom is -0.480 e. The van der Waals surface area contributed by atoms with Crippen LogP contribution >= 0.6 is 11.6 Å². The van der Waals surface area contributed by atoms with Crippen molar-refractivity contribution in [1.29, 1.82) is 0 Å². The number of carboxylic acid groups (broad SMARTS) is 1. The molecule has 1 N–H and O–H groups in total. The van der Waals surface area contributed by atoms with Crippen LogP contribution in [0.5, 0.6) is 0 Å². The van der Waals surface area contributed by atoms with Crippen molar-refractivity contribution in [2.75, 3.05) is 0 Å². The largest absolute Gasteiger partial charge is 0.480 e. The highest BCUT2D eigenvalue weighted by atomic mass is 35.5. The van der Waals surface area contributed by atoms with Crippen LogP contribution in [0, 0.1) is 0 Å². The third kappa shape index (κ3) is 1.82. The number of rotatable bonds is 2. The van der Waals surface area contributed by atoms with Crippen LogP contribution in [0.2, 0.25) is 5.02 Å². The number of hydrogen-bond acceptors (Lipinski definition) is 3. The average molecular weight is 189 g/mol. The second-order valence-corrected chi connectivity index (χ2v) is 2.48. The molecule has 0 spiro atoms. The first-order chi connectivity index (χ1) is 5.61. The third-order valence-corrected chi connectivity index (χ3v) is 1.42. The lowest BCUT2D eigenvalue weighted by molar-refractivity contribution is -0.137. The number of nitrogens with zero attached hydrogens (tertiary/aromatic N) is 2. The quantitative estimate of drug-likeness (QED) is 0.708. The highest BCUT2D eigenvalue weighted by molar-refractivity contribution is 6.30. The van der Waals surface area contributed by atoms with E-state index >= 15 is 0 Å². The van der Waals surface area contributed by atoms with Gasteiger partial charge in [-0.3, -0.25) is 14.2 Å². The van der Waals surface area contributed by atoms with E-state index in [1.807, 2.05) is 0 Å². The molecule has 0 saturated carbocycles. The van der Waals surface area contributed by atoms with Gasteiger partial charge in [0, 0.05) is 0 Å². The summed E-state index contributed by atoms with van der Waals surface area (Å²) in [7, 11) is 0. The van der Waals surface area contributed by atoms with Crippen LogP contribution in [-0.4, -0.2) is 20.6 Å². The molecule has 1 aromatic heterocycles. The monoisotopic (exact) mass is 188 g/mol. The normalized spacial score (nSPS) is 9.75. The summed E-state index contributed by atoms with van der Waals surface area (Å²) in [6, 6.07) is 0. The van der Waals surface area contributed by atoms with Gasteiger partial charge in [-0.05, 0) is 0 Å². The van der Waals surface area contributed by atoms with Gasteiger partial charge in [-0.2, -0.15) is 0 Å². The molecule has 1 rings (SSSR count). The Bertz CT molecular complexity index is 360. The van der Waals surface area contributed by atoms with Gasteiger partial charge in [-0.15, -0.1) is 0 Å². The highest BCUT2D eigenvalue weighted by Gasteiger charge is 2.03. The Hall–Kier alpha value is -1.36. The Morgan fingerprint density at radius 2 is 2.42 bits per heavy atom. The van der Waals surface area contributed by atoms with Crippen molar-refractivity contribution in [3.8, 4) is 0 Å². The van der Waals surface area contributed by atoms with E-state index in [4.69, 9.17) is 16.7 Å². The second kappa shape index (κ2) is 3.36. The highest BCUT2D eigenvalue weighted by Crippen LogP contribution is 1.95. The standard InChI is InChI=1S/C6H5ClN2O3/c7-4-1-8-3-9(6(4)12)2-5(10)11/h1,3H,2H2,(H,10,11). The molecule has 0 saturated heterocycles. The molecule has 0 aromatic carbocycles. The Kier molecular flexibility index (Phi) is 2.44. The van der Waals surface area contributed by atoms with Crippen LogP contribution in [0.3, 0.4) is 0 Å². The van der Waals surface area contributed by atoms with Gasteiger partial charge in [0.05, 0.1) is 12.5 Å². The van der Waals surface area contributed by atoms with Crippen molar-refractivity contribution >= 4 is 17.6 Å². The van der Waals surface area contributed by atoms with Crippen molar-refractivity contribution < 1.29 is 9.90 Å². The van der Waals surface area contributed by atoms with Gasteiger partial charge in [0.2, 0.25) is 0 Å². The molecule has 0 amide bonds. The van der Waals surface area contributed by atoms with Crippen LogP contribution in [0.1, 0.15) is 0 Å². The van der Waals surface area contributed by atoms with E-state index in [1.54, 1.807) is 0 Å². The summed E-state index contributed by atoms with van der Waals surface area (Å²) in [5.74, 6) is -1.11. The Balaban J connectivity index is 3.09. The third-order valence-electron chi connectivity index (χ3n) is 1.16. The number of aromatic nitrogens is 2. The van der Waals surface area contributed by atoms with Crippen LogP contribution in [-0.2, 0) is 11.3 Å². The number of carboxylic acids is 1. The molecule has 0 aliphatic heterocycles. The summed E-state index contributed by atoms with van der Waals surface area (Å²) in [6.07, 6.45) is 2.30. The smallest absolute Gasteiger partial charge is 0.323 e. The fraction of sp³-hybridized carbons (Fsp3) is 0.167. The molecule has 0 aliphatic rings. The SMILES string of the molecule is O=C(O)Cn1cncc(Cl)c1=O. The van der Waals surface area contributed by atoms with Crippen molar-refractivity contribution in [2.45, 2.75) is 6.54 Å². The number of aliphatic carboxylic acids is 1. The van der Waals surface area contributed by atoms with E-state index in [-0.39, 0.29) is 5.02 Å². The molecule has 12 heavy (non-hydrogen) atoms. The minimum atomic E-state index is -1.11. The predicted molar refractivity (Wildman–Crippen MR) is 41.1 cm³/mol. The molecule has 6 heteroatoms. The molecule has 5 nitrogen and oxygen atoms in total. The zero-order valence-electron chi connectivity index (χ0n) is 5.90. The molecule has 0 radical (unpaired) electrons. The summed E-state index contributed by atoms with van der Waals surface area (Å²) in [5.41, 5.74) is -0.547. The summed E-state index contributed by atoms with van der Waals surface area (Å²) < 4.78 is 0.921. The molecule has 0 aliphatic carbocycles. The molecular weight excluding hydrogens is 184 g/mol. The Morgan fingerprint density at radius 1 is 1.75 bits per heavy atom. The van der Waals surface area contributed by atoms with E-state index in [9.17, 15) is 9.59 Å². The summed E-state index contributed by atoms with van der Waals surface area (Å²) >= 11 is 5.41. The zero-order chi connectivity index (χ0) is 9.14. The Labute approximate surface area is 72.2 Å². The van der Waals surface area contributed by atoms with Crippen molar-refractivity contribution in [3.63, 3.8) is 0 Å². The maximum absolute atomic E-state index is 11.0. The first-order valence-electron chi connectivity index (χ1n) is 3.03. The average Bonchev–Trinajstić information content (AvgIpc) is 1.98. The van der Waals surface area contributed by atoms with Crippen molar-refractivity contribution in [1.82, 2.24) is 9.55 Å². The van der Waals surface area contributed by atoms with Gasteiger partial charge in [0.15, 0.2) is 0 Å². The van der Waals surface area contributed by atoms with Gasteiger partial charge in [0.25, 0.3) is 5.56 Å². The Morgan fingerprint density at radius 3 is 3.00 bits per heavy atom. The lowest BCUT2D eigenvalue weighted by Gasteiger charge is -1.99. The molecule has 0 atom stereocenters. The van der Waals surface area contributed by atoms with Gasteiger partial charge >= 0.3 is 5.97 Å². The van der Waals surface area contributed by atoms with Gasteiger partial charge in [-0.1, -0.05) is 11.6 Å². The van der Waals surface area contributed by atoms with Crippen LogP contribution in [0.4, 0.5) is 0 Å². The molecule has 1 aromatic rings. The van der Waals surface area contributed by atoms with Gasteiger partial charge < -0.3 is 5.11 Å². The molecular formula is C6H5ClN2O3. The number of hydrogen-bond donors (Lipinski definition) is 1. The molecule has 64 valence electrons. The van der Waals surface area contributed by atoms with E-state index < -0.39 is 18.1 Å². The zero-order valence-corrected chi connectivity index (χ0v) is 6.65. The number of carbonyl (C=O) groups is 1. The minimum absolute atomic E-state index is 0.0845. The lowest BCUT2D eigenvalue weighted by Crippen LogP contribution is -2.24. The van der Waals surface area contributed by atoms with Crippen molar-refractivity contribution in [3.05, 3.63) is 27.9 Å². The molecule has 0 unspecified atom stereocenters. The van der Waals surface area contributed by atoms with Crippen molar-refractivity contribution in [2.24, 2.45) is 0 Å². The second-order valence-electron chi connectivity index (χ2n) is 2.07. The van der Waals surface area contributed by atoms with E-state index in [1.165, 1.54) is 6.20 Å². The van der Waals surface area contributed by atoms with Crippen LogP contribution in [0.25, 0.3) is 0 Å². The summed E-state index contributed by atoms with van der Waals surface area (Å²) in [5, 5.41) is 8.27. The fourth-order valence-corrected chi connectivity index (χ4v) is 0.847. The molecule has 0 bridgehead atoms. The van der Waals surface area contributed by atoms with E-state index in [2.05, 4.69) is 4.98 Å².